The van der Waals surface area contributed by atoms with Gasteiger partial charge >= 0.3 is 0 Å². The smallest absolute Gasteiger partial charge is 0.0675 e. The van der Waals surface area contributed by atoms with E-state index in [1.54, 1.807) is 0 Å². The van der Waals surface area contributed by atoms with E-state index in [2.05, 4.69) is 22.3 Å². The SMILES string of the molecule is C/C=c1/c(C)nnc(C)/c1=C/C. The first-order chi connectivity index (χ1) is 5.70. The topological polar surface area (TPSA) is 25.8 Å². The minimum absolute atomic E-state index is 0.996. The molecular formula is C10H14N2. The van der Waals surface area contributed by atoms with Gasteiger partial charge in [0.05, 0.1) is 11.4 Å². The molecule has 12 heavy (non-hydrogen) atoms. The molecule has 1 aromatic heterocycles. The van der Waals surface area contributed by atoms with Crippen LogP contribution in [0.4, 0.5) is 0 Å². The van der Waals surface area contributed by atoms with Crippen LogP contribution in [-0.4, -0.2) is 10.2 Å². The van der Waals surface area contributed by atoms with Crippen molar-refractivity contribution in [2.24, 2.45) is 0 Å². The van der Waals surface area contributed by atoms with E-state index in [1.165, 1.54) is 10.4 Å². The second kappa shape index (κ2) is 3.48. The summed E-state index contributed by atoms with van der Waals surface area (Å²) in [6.07, 6.45) is 4.15. The third-order valence-electron chi connectivity index (χ3n) is 2.00. The van der Waals surface area contributed by atoms with Crippen molar-refractivity contribution in [3.8, 4) is 0 Å². The van der Waals surface area contributed by atoms with Crippen molar-refractivity contribution in [1.82, 2.24) is 10.2 Å². The van der Waals surface area contributed by atoms with Crippen LogP contribution in [0.15, 0.2) is 0 Å². The molecule has 0 N–H and O–H groups in total. The molecule has 1 rings (SSSR count). The van der Waals surface area contributed by atoms with Gasteiger partial charge in [0.2, 0.25) is 0 Å². The van der Waals surface area contributed by atoms with Crippen LogP contribution in [-0.2, 0) is 0 Å². The summed E-state index contributed by atoms with van der Waals surface area (Å²) in [6, 6.07) is 0. The fraction of sp³-hybridized carbons (Fsp3) is 0.400. The van der Waals surface area contributed by atoms with Crippen molar-refractivity contribution in [1.29, 1.82) is 0 Å². The molecule has 0 aliphatic rings. The Labute approximate surface area is 72.6 Å². The molecule has 0 unspecified atom stereocenters. The summed E-state index contributed by atoms with van der Waals surface area (Å²) in [5.41, 5.74) is 1.99. The Balaban J connectivity index is 3.76. The number of aryl methyl sites for hydroxylation is 2. The van der Waals surface area contributed by atoms with Crippen LogP contribution in [0.1, 0.15) is 25.2 Å². The van der Waals surface area contributed by atoms with Crippen LogP contribution >= 0.6 is 0 Å². The van der Waals surface area contributed by atoms with E-state index in [1.807, 2.05) is 27.7 Å². The molecule has 0 saturated carbocycles. The maximum absolute atomic E-state index is 4.06. The van der Waals surface area contributed by atoms with Crippen LogP contribution in [0, 0.1) is 13.8 Å². The van der Waals surface area contributed by atoms with Crippen LogP contribution in [0.3, 0.4) is 0 Å². The monoisotopic (exact) mass is 162 g/mol. The predicted molar refractivity (Wildman–Crippen MR) is 51.0 cm³/mol. The summed E-state index contributed by atoms with van der Waals surface area (Å²) in [7, 11) is 0. The second-order valence-corrected chi connectivity index (χ2v) is 2.78. The second-order valence-electron chi connectivity index (χ2n) is 2.78. The summed E-state index contributed by atoms with van der Waals surface area (Å²) < 4.78 is 0. The first-order valence-corrected chi connectivity index (χ1v) is 4.13. The number of hydrogen-bond acceptors (Lipinski definition) is 2. The van der Waals surface area contributed by atoms with Crippen molar-refractivity contribution in [2.45, 2.75) is 27.7 Å². The van der Waals surface area contributed by atoms with Gasteiger partial charge in [-0.15, -0.1) is 0 Å². The predicted octanol–water partition coefficient (Wildman–Crippen LogP) is 0.694. The average molecular weight is 162 g/mol. The first kappa shape index (κ1) is 8.91. The molecule has 1 aromatic rings. The lowest BCUT2D eigenvalue weighted by Gasteiger charge is -1.96. The Bertz CT molecular complexity index is 352. The van der Waals surface area contributed by atoms with Gasteiger partial charge in [0, 0.05) is 10.4 Å². The maximum Gasteiger partial charge on any atom is 0.0675 e. The van der Waals surface area contributed by atoms with Gasteiger partial charge in [0.1, 0.15) is 0 Å². The fourth-order valence-electron chi connectivity index (χ4n) is 1.38. The van der Waals surface area contributed by atoms with E-state index in [0.29, 0.717) is 0 Å². The van der Waals surface area contributed by atoms with E-state index in [-0.39, 0.29) is 0 Å². The molecule has 0 amide bonds. The normalized spacial score (nSPS) is 14.0. The Morgan fingerprint density at radius 3 is 1.42 bits per heavy atom. The van der Waals surface area contributed by atoms with E-state index >= 15 is 0 Å². The first-order valence-electron chi connectivity index (χ1n) is 4.13. The third kappa shape index (κ3) is 1.37. The molecule has 0 spiro atoms. The Morgan fingerprint density at radius 2 is 1.17 bits per heavy atom. The maximum atomic E-state index is 4.06. The van der Waals surface area contributed by atoms with Gasteiger partial charge in [0.15, 0.2) is 0 Å². The molecule has 1 heterocycles. The third-order valence-corrected chi connectivity index (χ3v) is 2.00. The molecule has 0 atom stereocenters. The van der Waals surface area contributed by atoms with Gasteiger partial charge < -0.3 is 0 Å². The van der Waals surface area contributed by atoms with Crippen molar-refractivity contribution < 1.29 is 0 Å². The van der Waals surface area contributed by atoms with E-state index in [0.717, 1.165) is 11.4 Å². The highest BCUT2D eigenvalue weighted by Crippen LogP contribution is 1.79. The minimum Gasteiger partial charge on any atom is -0.155 e. The molecule has 0 aromatic carbocycles. The van der Waals surface area contributed by atoms with Crippen molar-refractivity contribution >= 4 is 12.2 Å². The quantitative estimate of drug-likeness (QED) is 0.561. The number of aromatic nitrogens is 2. The van der Waals surface area contributed by atoms with Gasteiger partial charge in [-0.1, -0.05) is 12.2 Å². The number of rotatable bonds is 0. The molecule has 0 aliphatic heterocycles. The number of hydrogen-bond donors (Lipinski definition) is 0. The van der Waals surface area contributed by atoms with Crippen molar-refractivity contribution in [3.05, 3.63) is 21.8 Å². The van der Waals surface area contributed by atoms with Crippen LogP contribution in [0.25, 0.3) is 12.2 Å². The van der Waals surface area contributed by atoms with Crippen molar-refractivity contribution in [2.75, 3.05) is 0 Å². The Kier molecular flexibility index (Phi) is 2.58. The lowest BCUT2D eigenvalue weighted by molar-refractivity contribution is 0.913. The lowest BCUT2D eigenvalue weighted by Crippen LogP contribution is -2.32. The van der Waals surface area contributed by atoms with Gasteiger partial charge in [-0.05, 0) is 27.7 Å². The van der Waals surface area contributed by atoms with E-state index in [4.69, 9.17) is 0 Å². The van der Waals surface area contributed by atoms with Gasteiger partial charge in [-0.25, -0.2) is 0 Å². The fourth-order valence-corrected chi connectivity index (χ4v) is 1.38. The molecule has 0 bridgehead atoms. The van der Waals surface area contributed by atoms with E-state index in [9.17, 15) is 0 Å². The largest absolute Gasteiger partial charge is 0.155 e. The summed E-state index contributed by atoms with van der Waals surface area (Å²) in [5.74, 6) is 0. The van der Waals surface area contributed by atoms with Gasteiger partial charge in [-0.3, -0.25) is 0 Å². The van der Waals surface area contributed by atoms with Crippen LogP contribution in [0.2, 0.25) is 0 Å². The van der Waals surface area contributed by atoms with Crippen molar-refractivity contribution in [3.63, 3.8) is 0 Å². The molecule has 64 valence electrons. The Hall–Kier alpha value is -1.18. The van der Waals surface area contributed by atoms with Gasteiger partial charge in [-0.2, -0.15) is 10.2 Å². The standard InChI is InChI=1S/C10H14N2/c1-5-9-7(3)11-12-8(4)10(9)6-2/h5-6H,1-4H3/b9-5-,10-6-. The Morgan fingerprint density at radius 1 is 0.833 bits per heavy atom. The zero-order chi connectivity index (χ0) is 9.14. The lowest BCUT2D eigenvalue weighted by atomic mass is 10.2. The molecule has 0 fully saturated rings. The zero-order valence-corrected chi connectivity index (χ0v) is 8.05. The minimum atomic E-state index is 0.996. The highest BCUT2D eigenvalue weighted by Gasteiger charge is 1.95. The van der Waals surface area contributed by atoms with E-state index < -0.39 is 0 Å². The highest BCUT2D eigenvalue weighted by atomic mass is 15.1. The summed E-state index contributed by atoms with van der Waals surface area (Å²) in [4.78, 5) is 0. The summed E-state index contributed by atoms with van der Waals surface area (Å²) >= 11 is 0. The average Bonchev–Trinajstić information content (AvgIpc) is 2.08. The summed E-state index contributed by atoms with van der Waals surface area (Å²) in [6.45, 7) is 8.01. The number of nitrogens with zero attached hydrogens (tertiary/aromatic N) is 2. The molecular weight excluding hydrogens is 148 g/mol. The summed E-state index contributed by atoms with van der Waals surface area (Å²) in [5, 5.41) is 10.5. The molecule has 0 radical (unpaired) electrons. The van der Waals surface area contributed by atoms with Crippen LogP contribution < -0.4 is 10.4 Å². The molecule has 2 heteroatoms. The van der Waals surface area contributed by atoms with Crippen LogP contribution in [0.5, 0.6) is 0 Å². The zero-order valence-electron chi connectivity index (χ0n) is 8.05. The molecule has 0 aliphatic carbocycles. The highest BCUT2D eigenvalue weighted by molar-refractivity contribution is 5.31. The molecule has 2 nitrogen and oxygen atoms in total. The van der Waals surface area contributed by atoms with Gasteiger partial charge in [0.25, 0.3) is 0 Å². The molecule has 0 saturated heterocycles.